The first-order chi connectivity index (χ1) is 5.05. The minimum absolute atomic E-state index is 0.0856. The summed E-state index contributed by atoms with van der Waals surface area (Å²) in [6.45, 7) is 3.91. The molecule has 1 amide bonds. The minimum Gasteiger partial charge on any atom is -0.345 e. The van der Waals surface area contributed by atoms with Crippen molar-refractivity contribution >= 4 is 17.5 Å². The molecule has 2 aliphatic rings. The topological polar surface area (TPSA) is 29.1 Å². The minimum atomic E-state index is -0.238. The molecule has 60 valence electrons. The second kappa shape index (κ2) is 1.81. The molecule has 1 unspecified atom stereocenters. The Balaban J connectivity index is 2.36. The van der Waals surface area contributed by atoms with Crippen molar-refractivity contribution in [1.82, 2.24) is 5.32 Å². The zero-order chi connectivity index (χ0) is 8.22. The van der Waals surface area contributed by atoms with Gasteiger partial charge in [0.25, 0.3) is 0 Å². The summed E-state index contributed by atoms with van der Waals surface area (Å²) >= 11 is 5.87. The fraction of sp³-hybridized carbons (Fsp3) is 0.625. The molecule has 0 radical (unpaired) electrons. The Labute approximate surface area is 70.6 Å². The number of nitrogens with one attached hydrogen (secondary N) is 1. The molecular weight excluding hydrogens is 162 g/mol. The third kappa shape index (κ3) is 0.658. The summed E-state index contributed by atoms with van der Waals surface area (Å²) in [7, 11) is 0. The maximum atomic E-state index is 11.2. The largest absolute Gasteiger partial charge is 0.345 e. The van der Waals surface area contributed by atoms with Crippen molar-refractivity contribution < 1.29 is 4.79 Å². The van der Waals surface area contributed by atoms with Gasteiger partial charge in [0, 0.05) is 16.9 Å². The predicted octanol–water partition coefficient (Wildman–Crippen LogP) is 1.26. The second-order valence-corrected chi connectivity index (χ2v) is 3.93. The first kappa shape index (κ1) is 7.17. The van der Waals surface area contributed by atoms with E-state index >= 15 is 0 Å². The van der Waals surface area contributed by atoms with Gasteiger partial charge in [-0.15, -0.1) is 0 Å². The van der Waals surface area contributed by atoms with Gasteiger partial charge in [0.1, 0.15) is 0 Å². The Kier molecular flexibility index (Phi) is 1.18. The zero-order valence-electron chi connectivity index (χ0n) is 6.52. The first-order valence-corrected chi connectivity index (χ1v) is 4.13. The van der Waals surface area contributed by atoms with Crippen molar-refractivity contribution in [2.75, 3.05) is 0 Å². The van der Waals surface area contributed by atoms with Crippen LogP contribution in [-0.2, 0) is 4.79 Å². The van der Waals surface area contributed by atoms with Crippen molar-refractivity contribution in [3.63, 3.8) is 0 Å². The van der Waals surface area contributed by atoms with E-state index in [1.807, 2.05) is 19.9 Å². The van der Waals surface area contributed by atoms with Crippen LogP contribution in [0.2, 0.25) is 0 Å². The van der Waals surface area contributed by atoms with Gasteiger partial charge >= 0.3 is 0 Å². The number of carbonyl (C=O) groups excluding carboxylic acids is 1. The van der Waals surface area contributed by atoms with E-state index in [0.717, 1.165) is 5.03 Å². The van der Waals surface area contributed by atoms with Crippen LogP contribution in [0.3, 0.4) is 0 Å². The summed E-state index contributed by atoms with van der Waals surface area (Å²) in [5.74, 6) is 0.509. The average Bonchev–Trinajstić information content (AvgIpc) is 2.12. The van der Waals surface area contributed by atoms with Gasteiger partial charge in [-0.1, -0.05) is 24.6 Å². The first-order valence-electron chi connectivity index (χ1n) is 3.75. The molecule has 0 bridgehead atoms. The maximum Gasteiger partial charge on any atom is 0.224 e. The van der Waals surface area contributed by atoms with Gasteiger partial charge in [-0.2, -0.15) is 0 Å². The van der Waals surface area contributed by atoms with Crippen LogP contribution in [0.5, 0.6) is 0 Å². The molecule has 11 heavy (non-hydrogen) atoms. The van der Waals surface area contributed by atoms with Gasteiger partial charge in [0.05, 0.1) is 5.54 Å². The number of amides is 1. The van der Waals surface area contributed by atoms with E-state index in [0.29, 0.717) is 5.92 Å². The van der Waals surface area contributed by atoms with E-state index in [1.165, 1.54) is 0 Å². The highest BCUT2D eigenvalue weighted by Gasteiger charge is 2.54. The number of hydrogen-bond donors (Lipinski definition) is 1. The monoisotopic (exact) mass is 171 g/mol. The molecule has 0 spiro atoms. The summed E-state index contributed by atoms with van der Waals surface area (Å²) in [6, 6.07) is 0. The molecular formula is C8H10ClNO. The van der Waals surface area contributed by atoms with Gasteiger partial charge in [0.15, 0.2) is 0 Å². The number of hydrogen-bond acceptors (Lipinski definition) is 1. The second-order valence-electron chi connectivity index (χ2n) is 3.52. The SMILES string of the molecule is C[C@H]1C(=O)N[C@@]2(C)C(Cl)=CC12. The Bertz CT molecular complexity index is 261. The maximum absolute atomic E-state index is 11.2. The fourth-order valence-corrected chi connectivity index (χ4v) is 2.19. The van der Waals surface area contributed by atoms with Crippen molar-refractivity contribution in [2.24, 2.45) is 11.8 Å². The zero-order valence-corrected chi connectivity index (χ0v) is 7.27. The molecule has 2 rings (SSSR count). The predicted molar refractivity (Wildman–Crippen MR) is 43.1 cm³/mol. The van der Waals surface area contributed by atoms with Crippen molar-refractivity contribution in [2.45, 2.75) is 19.4 Å². The molecule has 0 aromatic heterocycles. The smallest absolute Gasteiger partial charge is 0.224 e. The van der Waals surface area contributed by atoms with Crippen LogP contribution in [0.1, 0.15) is 13.8 Å². The summed E-state index contributed by atoms with van der Waals surface area (Å²) in [5.41, 5.74) is -0.238. The van der Waals surface area contributed by atoms with E-state index in [9.17, 15) is 4.79 Å². The molecule has 3 heteroatoms. The van der Waals surface area contributed by atoms with Gasteiger partial charge in [-0.3, -0.25) is 4.79 Å². The van der Waals surface area contributed by atoms with Crippen LogP contribution in [-0.4, -0.2) is 11.4 Å². The number of carbonyl (C=O) groups is 1. The van der Waals surface area contributed by atoms with E-state index < -0.39 is 0 Å². The molecule has 3 atom stereocenters. The highest BCUT2D eigenvalue weighted by molar-refractivity contribution is 6.32. The van der Waals surface area contributed by atoms with Crippen LogP contribution < -0.4 is 5.32 Å². The lowest BCUT2D eigenvalue weighted by Crippen LogP contribution is -2.48. The Morgan fingerprint density at radius 3 is 2.73 bits per heavy atom. The van der Waals surface area contributed by atoms with Crippen molar-refractivity contribution in [1.29, 1.82) is 0 Å². The molecule has 0 aromatic carbocycles. The molecule has 1 aliphatic carbocycles. The van der Waals surface area contributed by atoms with E-state index in [-0.39, 0.29) is 17.4 Å². The van der Waals surface area contributed by atoms with Crippen molar-refractivity contribution in [3.05, 3.63) is 11.1 Å². The highest BCUT2D eigenvalue weighted by atomic mass is 35.5. The van der Waals surface area contributed by atoms with E-state index in [2.05, 4.69) is 5.32 Å². The molecule has 1 heterocycles. The van der Waals surface area contributed by atoms with Crippen LogP contribution in [0, 0.1) is 11.8 Å². The summed E-state index contributed by atoms with van der Waals surface area (Å²) in [6.07, 6.45) is 1.96. The molecule has 0 aromatic rings. The lowest BCUT2D eigenvalue weighted by Gasteiger charge is -2.38. The molecule has 1 N–H and O–H groups in total. The Morgan fingerprint density at radius 2 is 2.36 bits per heavy atom. The fourth-order valence-electron chi connectivity index (χ4n) is 1.88. The van der Waals surface area contributed by atoms with Crippen LogP contribution in [0.15, 0.2) is 11.1 Å². The average molecular weight is 172 g/mol. The quantitative estimate of drug-likeness (QED) is 0.584. The normalized spacial score (nSPS) is 47.5. The third-order valence-corrected chi connectivity index (χ3v) is 3.34. The lowest BCUT2D eigenvalue weighted by atomic mass is 9.73. The molecule has 1 aliphatic heterocycles. The van der Waals surface area contributed by atoms with Gasteiger partial charge < -0.3 is 5.32 Å². The number of fused-ring (bicyclic) bond motifs is 1. The van der Waals surface area contributed by atoms with Gasteiger partial charge in [0.2, 0.25) is 5.91 Å². The molecule has 1 fully saturated rings. The summed E-state index contributed by atoms with van der Waals surface area (Å²) < 4.78 is 0. The van der Waals surface area contributed by atoms with Crippen LogP contribution >= 0.6 is 11.6 Å². The molecule has 2 nitrogen and oxygen atoms in total. The summed E-state index contributed by atoms with van der Waals surface area (Å²) in [5, 5.41) is 3.67. The number of rotatable bonds is 0. The van der Waals surface area contributed by atoms with Gasteiger partial charge in [-0.25, -0.2) is 0 Å². The van der Waals surface area contributed by atoms with Crippen LogP contribution in [0.4, 0.5) is 0 Å². The molecule has 0 saturated carbocycles. The van der Waals surface area contributed by atoms with E-state index in [1.54, 1.807) is 0 Å². The standard InChI is InChI=1S/C8H10ClNO/c1-4-5-3-6(9)8(5,2)10-7(4)11/h3-5H,1-2H3,(H,10,11)/t4-,5?,8-/m1/s1. The van der Waals surface area contributed by atoms with Gasteiger partial charge in [-0.05, 0) is 6.92 Å². The summed E-state index contributed by atoms with van der Waals surface area (Å²) in [4.78, 5) is 11.2. The lowest BCUT2D eigenvalue weighted by molar-refractivity contribution is -0.122. The van der Waals surface area contributed by atoms with Crippen LogP contribution in [0.25, 0.3) is 0 Å². The highest BCUT2D eigenvalue weighted by Crippen LogP contribution is 2.48. The Morgan fingerprint density at radius 1 is 1.73 bits per heavy atom. The van der Waals surface area contributed by atoms with Crippen molar-refractivity contribution in [3.8, 4) is 0 Å². The third-order valence-electron chi connectivity index (χ3n) is 2.82. The number of halogens is 1. The Hall–Kier alpha value is -0.500. The van der Waals surface area contributed by atoms with E-state index in [4.69, 9.17) is 11.6 Å². The molecule has 1 saturated heterocycles.